The molecular weight excluding hydrogens is 280 g/mol. The van der Waals surface area contributed by atoms with Crippen molar-refractivity contribution in [3.63, 3.8) is 0 Å². The molecule has 21 heavy (non-hydrogen) atoms. The van der Waals surface area contributed by atoms with Crippen molar-refractivity contribution in [1.29, 1.82) is 0 Å². The van der Waals surface area contributed by atoms with Gasteiger partial charge in [0.2, 0.25) is 5.91 Å². The van der Waals surface area contributed by atoms with Gasteiger partial charge in [0, 0.05) is 18.4 Å². The van der Waals surface area contributed by atoms with Gasteiger partial charge in [-0.25, -0.2) is 0 Å². The molecule has 3 nitrogen and oxygen atoms in total. The van der Waals surface area contributed by atoms with Crippen molar-refractivity contribution in [2.75, 3.05) is 0 Å². The summed E-state index contributed by atoms with van der Waals surface area (Å²) in [7, 11) is 0. The number of allylic oxidation sites excluding steroid dienone is 1. The summed E-state index contributed by atoms with van der Waals surface area (Å²) in [6, 6.07) is 12.5. The van der Waals surface area contributed by atoms with Crippen LogP contribution >= 0.6 is 11.3 Å². The first-order chi connectivity index (χ1) is 10.2. The SMILES string of the molecule is C=CCn1c(=NC(=O)CC)sc2c3ccccc3ccc21. The van der Waals surface area contributed by atoms with Crippen molar-refractivity contribution in [2.45, 2.75) is 19.9 Å². The first-order valence-corrected chi connectivity index (χ1v) is 7.75. The molecule has 0 radical (unpaired) electrons. The molecule has 0 aliphatic carbocycles. The zero-order valence-corrected chi connectivity index (χ0v) is 12.7. The molecule has 0 spiro atoms. The van der Waals surface area contributed by atoms with Crippen LogP contribution in [0.4, 0.5) is 0 Å². The van der Waals surface area contributed by atoms with Crippen LogP contribution in [0.2, 0.25) is 0 Å². The van der Waals surface area contributed by atoms with Crippen molar-refractivity contribution in [2.24, 2.45) is 4.99 Å². The van der Waals surface area contributed by atoms with Gasteiger partial charge in [-0.3, -0.25) is 4.79 Å². The smallest absolute Gasteiger partial charge is 0.248 e. The topological polar surface area (TPSA) is 34.4 Å². The maximum atomic E-state index is 11.7. The Morgan fingerprint density at radius 1 is 1.33 bits per heavy atom. The normalized spacial score (nSPS) is 12.1. The molecule has 0 N–H and O–H groups in total. The molecule has 0 saturated heterocycles. The van der Waals surface area contributed by atoms with Gasteiger partial charge in [0.25, 0.3) is 0 Å². The minimum absolute atomic E-state index is 0.0938. The van der Waals surface area contributed by atoms with E-state index >= 15 is 0 Å². The second kappa shape index (κ2) is 5.66. The second-order valence-corrected chi connectivity index (χ2v) is 5.76. The number of rotatable bonds is 3. The Morgan fingerprint density at radius 2 is 2.14 bits per heavy atom. The molecular formula is C17H16N2OS. The van der Waals surface area contributed by atoms with Gasteiger partial charge in [0.15, 0.2) is 4.80 Å². The first kappa shape index (κ1) is 13.8. The maximum Gasteiger partial charge on any atom is 0.248 e. The third kappa shape index (κ3) is 2.43. The van der Waals surface area contributed by atoms with Crippen LogP contribution in [-0.4, -0.2) is 10.5 Å². The molecule has 0 fully saturated rings. The molecule has 3 aromatic rings. The number of carbonyl (C=O) groups excluding carboxylic acids is 1. The number of nitrogens with zero attached hydrogens (tertiary/aromatic N) is 2. The van der Waals surface area contributed by atoms with Gasteiger partial charge >= 0.3 is 0 Å². The van der Waals surface area contributed by atoms with Crippen LogP contribution < -0.4 is 4.80 Å². The fourth-order valence-corrected chi connectivity index (χ4v) is 3.57. The minimum atomic E-state index is -0.0938. The van der Waals surface area contributed by atoms with Crippen LogP contribution in [0, 0.1) is 0 Å². The Kier molecular flexibility index (Phi) is 3.71. The standard InChI is InChI=1S/C17H16N2OS/c1-3-11-19-14-10-9-12-7-5-6-8-13(12)16(14)21-17(19)18-15(20)4-2/h3,5-10H,1,4,11H2,2H3. The summed E-state index contributed by atoms with van der Waals surface area (Å²) in [6.45, 7) is 6.28. The molecule has 0 aliphatic rings. The minimum Gasteiger partial charge on any atom is -0.312 e. The van der Waals surface area contributed by atoms with Crippen molar-refractivity contribution in [1.82, 2.24) is 4.57 Å². The highest BCUT2D eigenvalue weighted by atomic mass is 32.1. The lowest BCUT2D eigenvalue weighted by atomic mass is 10.1. The fraction of sp³-hybridized carbons (Fsp3) is 0.176. The summed E-state index contributed by atoms with van der Waals surface area (Å²) < 4.78 is 3.21. The molecule has 1 amide bonds. The third-order valence-corrected chi connectivity index (χ3v) is 4.54. The highest BCUT2D eigenvalue weighted by Crippen LogP contribution is 2.27. The predicted octanol–water partition coefficient (Wildman–Crippen LogP) is 3.88. The lowest BCUT2D eigenvalue weighted by Gasteiger charge is -2.02. The zero-order valence-electron chi connectivity index (χ0n) is 11.9. The van der Waals surface area contributed by atoms with Crippen LogP contribution in [0.15, 0.2) is 54.0 Å². The summed E-state index contributed by atoms with van der Waals surface area (Å²) in [4.78, 5) is 16.7. The van der Waals surface area contributed by atoms with E-state index in [-0.39, 0.29) is 5.91 Å². The molecule has 2 aromatic carbocycles. The summed E-state index contributed by atoms with van der Waals surface area (Å²) in [5.41, 5.74) is 1.10. The van der Waals surface area contributed by atoms with Gasteiger partial charge in [-0.1, -0.05) is 54.7 Å². The van der Waals surface area contributed by atoms with Crippen molar-refractivity contribution in [3.8, 4) is 0 Å². The maximum absolute atomic E-state index is 11.7. The van der Waals surface area contributed by atoms with E-state index in [2.05, 4.69) is 35.8 Å². The molecule has 0 saturated carbocycles. The van der Waals surface area contributed by atoms with E-state index in [1.807, 2.05) is 29.7 Å². The average Bonchev–Trinajstić information content (AvgIpc) is 2.86. The lowest BCUT2D eigenvalue weighted by molar-refractivity contribution is -0.117. The number of amides is 1. The number of hydrogen-bond acceptors (Lipinski definition) is 2. The van der Waals surface area contributed by atoms with Gasteiger partial charge in [0.05, 0.1) is 10.2 Å². The summed E-state index contributed by atoms with van der Waals surface area (Å²) in [5, 5.41) is 2.40. The van der Waals surface area contributed by atoms with Gasteiger partial charge in [-0.05, 0) is 11.5 Å². The highest BCUT2D eigenvalue weighted by molar-refractivity contribution is 7.17. The molecule has 1 aromatic heterocycles. The van der Waals surface area contributed by atoms with Crippen LogP contribution in [-0.2, 0) is 11.3 Å². The number of hydrogen-bond donors (Lipinski definition) is 0. The lowest BCUT2D eigenvalue weighted by Crippen LogP contribution is -2.15. The van der Waals surface area contributed by atoms with Gasteiger partial charge < -0.3 is 4.57 Å². The average molecular weight is 296 g/mol. The summed E-state index contributed by atoms with van der Waals surface area (Å²) in [6.07, 6.45) is 2.25. The van der Waals surface area contributed by atoms with Crippen molar-refractivity contribution in [3.05, 3.63) is 53.9 Å². The van der Waals surface area contributed by atoms with E-state index < -0.39 is 0 Å². The van der Waals surface area contributed by atoms with E-state index in [9.17, 15) is 4.79 Å². The Bertz CT molecular complexity index is 902. The molecule has 3 rings (SSSR count). The number of benzene rings is 2. The van der Waals surface area contributed by atoms with Crippen LogP contribution in [0.1, 0.15) is 13.3 Å². The number of thiazole rings is 1. The molecule has 0 atom stereocenters. The molecule has 4 heteroatoms. The number of aromatic nitrogens is 1. The van der Waals surface area contributed by atoms with E-state index in [1.54, 1.807) is 11.3 Å². The van der Waals surface area contributed by atoms with Crippen LogP contribution in [0.3, 0.4) is 0 Å². The van der Waals surface area contributed by atoms with Gasteiger partial charge in [0.1, 0.15) is 0 Å². The number of fused-ring (bicyclic) bond motifs is 3. The van der Waals surface area contributed by atoms with E-state index in [1.165, 1.54) is 10.8 Å². The van der Waals surface area contributed by atoms with Crippen LogP contribution in [0.25, 0.3) is 21.0 Å². The summed E-state index contributed by atoms with van der Waals surface area (Å²) in [5.74, 6) is -0.0938. The van der Waals surface area contributed by atoms with Crippen molar-refractivity contribution < 1.29 is 4.79 Å². The Morgan fingerprint density at radius 3 is 2.90 bits per heavy atom. The zero-order chi connectivity index (χ0) is 14.8. The highest BCUT2D eigenvalue weighted by Gasteiger charge is 2.09. The molecule has 0 bridgehead atoms. The second-order valence-electron chi connectivity index (χ2n) is 4.78. The molecule has 0 unspecified atom stereocenters. The van der Waals surface area contributed by atoms with Gasteiger partial charge in [-0.2, -0.15) is 4.99 Å². The summed E-state index contributed by atoms with van der Waals surface area (Å²) >= 11 is 1.56. The van der Waals surface area contributed by atoms with Crippen LogP contribution in [0.5, 0.6) is 0 Å². The Labute approximate surface area is 126 Å². The largest absolute Gasteiger partial charge is 0.312 e. The molecule has 0 aliphatic heterocycles. The predicted molar refractivity (Wildman–Crippen MR) is 88.4 cm³/mol. The fourth-order valence-electron chi connectivity index (χ4n) is 2.38. The van der Waals surface area contributed by atoms with Gasteiger partial charge in [-0.15, -0.1) is 6.58 Å². The first-order valence-electron chi connectivity index (χ1n) is 6.94. The quantitative estimate of drug-likeness (QED) is 0.675. The van der Waals surface area contributed by atoms with E-state index in [4.69, 9.17) is 0 Å². The van der Waals surface area contributed by atoms with E-state index in [0.717, 1.165) is 15.0 Å². The third-order valence-electron chi connectivity index (χ3n) is 3.41. The molecule has 106 valence electrons. The Hall–Kier alpha value is -2.20. The van der Waals surface area contributed by atoms with Crippen molar-refractivity contribution >= 4 is 38.2 Å². The Balaban J connectivity index is 2.40. The molecule has 1 heterocycles. The number of carbonyl (C=O) groups is 1. The monoisotopic (exact) mass is 296 g/mol. The van der Waals surface area contributed by atoms with E-state index in [0.29, 0.717) is 13.0 Å².